The van der Waals surface area contributed by atoms with E-state index >= 15 is 0 Å². The van der Waals surface area contributed by atoms with Gasteiger partial charge in [-0.05, 0) is 12.1 Å². The van der Waals surface area contributed by atoms with Crippen LogP contribution in [0.2, 0.25) is 0 Å². The van der Waals surface area contributed by atoms with Gasteiger partial charge in [0.2, 0.25) is 11.9 Å². The summed E-state index contributed by atoms with van der Waals surface area (Å²) in [6, 6.07) is 2.63. The van der Waals surface area contributed by atoms with Gasteiger partial charge in [0.1, 0.15) is 5.69 Å². The molecule has 2 aromatic heterocycles. The molecule has 98 valence electrons. The van der Waals surface area contributed by atoms with Crippen LogP contribution in [0.15, 0.2) is 27.8 Å². The van der Waals surface area contributed by atoms with Gasteiger partial charge in [-0.15, -0.1) is 0 Å². The number of aromatic amines is 2. The molecule has 0 bridgehead atoms. The minimum atomic E-state index is -1.22. The molecule has 0 aromatic carbocycles. The SMILES string of the molecule is O=C(Nc1ccc(F)nc1F)c1cc(=O)[nH]c(=O)[nH]1. The molecule has 2 rings (SSSR count). The Bertz CT molecular complexity index is 725. The van der Waals surface area contributed by atoms with Crippen LogP contribution in [0.4, 0.5) is 14.5 Å². The molecule has 0 unspecified atom stereocenters. The van der Waals surface area contributed by atoms with Crippen LogP contribution in [0.1, 0.15) is 10.5 Å². The fraction of sp³-hybridized carbons (Fsp3) is 0. The molecule has 7 nitrogen and oxygen atoms in total. The molecule has 19 heavy (non-hydrogen) atoms. The summed E-state index contributed by atoms with van der Waals surface area (Å²) in [6.45, 7) is 0. The first-order valence-electron chi connectivity index (χ1n) is 4.93. The van der Waals surface area contributed by atoms with Crippen LogP contribution >= 0.6 is 0 Å². The molecular formula is C10H6F2N4O3. The third-order valence-electron chi connectivity index (χ3n) is 2.07. The first kappa shape index (κ1) is 12.6. The molecule has 0 aliphatic carbocycles. The Morgan fingerprint density at radius 3 is 2.58 bits per heavy atom. The molecule has 0 radical (unpaired) electrons. The van der Waals surface area contributed by atoms with E-state index in [9.17, 15) is 23.2 Å². The first-order chi connectivity index (χ1) is 8.95. The third-order valence-corrected chi connectivity index (χ3v) is 2.07. The van der Waals surface area contributed by atoms with E-state index < -0.39 is 29.1 Å². The molecule has 0 saturated carbocycles. The fourth-order valence-corrected chi connectivity index (χ4v) is 1.29. The second kappa shape index (κ2) is 4.80. The van der Waals surface area contributed by atoms with E-state index in [-0.39, 0.29) is 11.4 Å². The molecule has 0 aliphatic rings. The van der Waals surface area contributed by atoms with Gasteiger partial charge < -0.3 is 10.3 Å². The summed E-state index contributed by atoms with van der Waals surface area (Å²) in [5, 5.41) is 2.04. The number of hydrogen-bond acceptors (Lipinski definition) is 4. The average Bonchev–Trinajstić information content (AvgIpc) is 2.31. The number of pyridine rings is 1. The Morgan fingerprint density at radius 1 is 1.21 bits per heavy atom. The van der Waals surface area contributed by atoms with Gasteiger partial charge in [-0.1, -0.05) is 0 Å². The normalized spacial score (nSPS) is 10.2. The van der Waals surface area contributed by atoms with Gasteiger partial charge in [-0.2, -0.15) is 13.8 Å². The van der Waals surface area contributed by atoms with Crippen molar-refractivity contribution in [3.05, 3.63) is 56.6 Å². The Balaban J connectivity index is 2.30. The van der Waals surface area contributed by atoms with E-state index in [1.807, 2.05) is 10.3 Å². The smallest absolute Gasteiger partial charge is 0.317 e. The van der Waals surface area contributed by atoms with Crippen molar-refractivity contribution < 1.29 is 13.6 Å². The minimum Gasteiger partial charge on any atom is -0.317 e. The molecule has 0 fully saturated rings. The standard InChI is InChI=1S/C10H6F2N4O3/c11-6-2-1-4(8(12)15-6)13-9(18)5-3-7(17)16-10(19)14-5/h1-3H,(H,13,18)(H2,14,16,17,19). The van der Waals surface area contributed by atoms with Crippen LogP contribution in [0.5, 0.6) is 0 Å². The van der Waals surface area contributed by atoms with E-state index in [4.69, 9.17) is 0 Å². The summed E-state index contributed by atoms with van der Waals surface area (Å²) >= 11 is 0. The van der Waals surface area contributed by atoms with Crippen molar-refractivity contribution in [2.45, 2.75) is 0 Å². The van der Waals surface area contributed by atoms with Crippen molar-refractivity contribution in [1.29, 1.82) is 0 Å². The number of amides is 1. The molecule has 2 aromatic rings. The highest BCUT2D eigenvalue weighted by atomic mass is 19.1. The fourth-order valence-electron chi connectivity index (χ4n) is 1.29. The van der Waals surface area contributed by atoms with Crippen LogP contribution in [0.25, 0.3) is 0 Å². The van der Waals surface area contributed by atoms with Crippen molar-refractivity contribution in [3.8, 4) is 0 Å². The van der Waals surface area contributed by atoms with Gasteiger partial charge in [-0.3, -0.25) is 14.6 Å². The quantitative estimate of drug-likeness (QED) is 0.665. The summed E-state index contributed by atoms with van der Waals surface area (Å²) in [4.78, 5) is 40.4. The van der Waals surface area contributed by atoms with Gasteiger partial charge in [0, 0.05) is 6.07 Å². The minimum absolute atomic E-state index is 0.363. The lowest BCUT2D eigenvalue weighted by molar-refractivity contribution is 0.102. The molecule has 0 spiro atoms. The van der Waals surface area contributed by atoms with E-state index in [0.29, 0.717) is 0 Å². The highest BCUT2D eigenvalue weighted by molar-refractivity contribution is 6.02. The second-order valence-corrected chi connectivity index (χ2v) is 3.43. The zero-order valence-electron chi connectivity index (χ0n) is 9.16. The lowest BCUT2D eigenvalue weighted by atomic mass is 10.3. The Kier molecular flexibility index (Phi) is 3.19. The molecule has 0 atom stereocenters. The zero-order chi connectivity index (χ0) is 14.0. The van der Waals surface area contributed by atoms with E-state index in [0.717, 1.165) is 18.2 Å². The predicted molar refractivity (Wildman–Crippen MR) is 59.8 cm³/mol. The zero-order valence-corrected chi connectivity index (χ0v) is 9.16. The van der Waals surface area contributed by atoms with Gasteiger partial charge in [0.05, 0.1) is 5.69 Å². The van der Waals surface area contributed by atoms with Crippen molar-refractivity contribution in [2.24, 2.45) is 0 Å². The summed E-state index contributed by atoms with van der Waals surface area (Å²) in [6.07, 6.45) is 0. The van der Waals surface area contributed by atoms with Crippen LogP contribution in [-0.4, -0.2) is 20.9 Å². The summed E-state index contributed by atoms with van der Waals surface area (Å²) in [7, 11) is 0. The van der Waals surface area contributed by atoms with Crippen LogP contribution in [0, 0.1) is 11.9 Å². The Labute approximate surface area is 103 Å². The first-order valence-corrected chi connectivity index (χ1v) is 4.93. The highest BCUT2D eigenvalue weighted by Crippen LogP contribution is 2.12. The van der Waals surface area contributed by atoms with Crippen LogP contribution in [-0.2, 0) is 0 Å². The Morgan fingerprint density at radius 2 is 1.95 bits per heavy atom. The van der Waals surface area contributed by atoms with Crippen molar-refractivity contribution in [1.82, 2.24) is 15.0 Å². The van der Waals surface area contributed by atoms with Crippen molar-refractivity contribution >= 4 is 11.6 Å². The van der Waals surface area contributed by atoms with Crippen molar-refractivity contribution in [3.63, 3.8) is 0 Å². The average molecular weight is 268 g/mol. The number of nitrogens with one attached hydrogen (secondary N) is 3. The lowest BCUT2D eigenvalue weighted by Crippen LogP contribution is -2.27. The summed E-state index contributed by atoms with van der Waals surface area (Å²) < 4.78 is 25.7. The summed E-state index contributed by atoms with van der Waals surface area (Å²) in [5.41, 5.74) is -2.41. The highest BCUT2D eigenvalue weighted by Gasteiger charge is 2.12. The number of hydrogen-bond donors (Lipinski definition) is 3. The molecule has 0 saturated heterocycles. The number of rotatable bonds is 2. The number of carbonyl (C=O) groups is 1. The molecular weight excluding hydrogens is 262 g/mol. The number of aromatic nitrogens is 3. The Hall–Kier alpha value is -2.84. The monoisotopic (exact) mass is 268 g/mol. The van der Waals surface area contributed by atoms with Crippen LogP contribution in [0.3, 0.4) is 0 Å². The number of H-pyrrole nitrogens is 2. The summed E-state index contributed by atoms with van der Waals surface area (Å²) in [5.74, 6) is -3.20. The van der Waals surface area contributed by atoms with Gasteiger partial charge in [-0.25, -0.2) is 4.79 Å². The van der Waals surface area contributed by atoms with Gasteiger partial charge >= 0.3 is 5.69 Å². The van der Waals surface area contributed by atoms with Crippen molar-refractivity contribution in [2.75, 3.05) is 5.32 Å². The maximum atomic E-state index is 13.2. The predicted octanol–water partition coefficient (Wildman–Crippen LogP) is -0.0113. The molecule has 2 heterocycles. The van der Waals surface area contributed by atoms with Gasteiger partial charge in [0.15, 0.2) is 0 Å². The number of halogens is 2. The number of anilines is 1. The molecule has 3 N–H and O–H groups in total. The van der Waals surface area contributed by atoms with E-state index in [1.165, 1.54) is 0 Å². The third kappa shape index (κ3) is 2.89. The maximum absolute atomic E-state index is 13.2. The van der Waals surface area contributed by atoms with E-state index in [1.54, 1.807) is 0 Å². The number of nitrogens with zero attached hydrogens (tertiary/aromatic N) is 1. The van der Waals surface area contributed by atoms with Crippen LogP contribution < -0.4 is 16.6 Å². The molecule has 9 heteroatoms. The molecule has 0 aliphatic heterocycles. The van der Waals surface area contributed by atoms with Gasteiger partial charge in [0.25, 0.3) is 11.5 Å². The lowest BCUT2D eigenvalue weighted by Gasteiger charge is -2.04. The number of carbonyl (C=O) groups excluding carboxylic acids is 1. The topological polar surface area (TPSA) is 108 Å². The largest absolute Gasteiger partial charge is 0.326 e. The maximum Gasteiger partial charge on any atom is 0.326 e. The van der Waals surface area contributed by atoms with E-state index in [2.05, 4.69) is 9.97 Å². The molecule has 1 amide bonds. The second-order valence-electron chi connectivity index (χ2n) is 3.43.